The minimum atomic E-state index is -0.535. The molecule has 1 aromatic carbocycles. The number of nitrogens with two attached hydrogens (primary N) is 1. The molecule has 1 aromatic heterocycles. The molecule has 0 bridgehead atoms. The number of nitrogens with one attached hydrogen (secondary N) is 1. The van der Waals surface area contributed by atoms with Gasteiger partial charge in [0.25, 0.3) is 0 Å². The monoisotopic (exact) mass is 308 g/mol. The Morgan fingerprint density at radius 3 is 2.71 bits per heavy atom. The summed E-state index contributed by atoms with van der Waals surface area (Å²) in [5, 5.41) is 2.86. The van der Waals surface area contributed by atoms with E-state index in [-0.39, 0.29) is 18.3 Å². The zero-order chi connectivity index (χ0) is 14.1. The molecule has 1 saturated carbocycles. The standard InChI is InChI=1S/C15H20N4O.ClH/c1-10(16)14(20)18-15-17-12-8-4-5-9-13(12)19(15)11-6-2-3-7-11;/h4-5,8-11H,2-3,6-7,16H2,1H3,(H,17,18,20);1H/t10-;/m0./s1. The Bertz CT molecular complexity index is 632. The van der Waals surface area contributed by atoms with Crippen molar-refractivity contribution in [3.8, 4) is 0 Å². The SMILES string of the molecule is C[C@H](N)C(=O)Nc1nc2ccccc2n1C1CCCC1.Cl. The molecule has 3 N–H and O–H groups in total. The highest BCUT2D eigenvalue weighted by molar-refractivity contribution is 5.94. The van der Waals surface area contributed by atoms with Crippen LogP contribution in [0.2, 0.25) is 0 Å². The first-order valence-electron chi connectivity index (χ1n) is 7.20. The van der Waals surface area contributed by atoms with E-state index < -0.39 is 6.04 Å². The van der Waals surface area contributed by atoms with Gasteiger partial charge in [0.2, 0.25) is 11.9 Å². The summed E-state index contributed by atoms with van der Waals surface area (Å²) < 4.78 is 2.17. The molecule has 5 nitrogen and oxygen atoms in total. The van der Waals surface area contributed by atoms with Crippen LogP contribution in [0.1, 0.15) is 38.6 Å². The average molecular weight is 309 g/mol. The summed E-state index contributed by atoms with van der Waals surface area (Å²) in [7, 11) is 0. The van der Waals surface area contributed by atoms with Crippen LogP contribution >= 0.6 is 12.4 Å². The van der Waals surface area contributed by atoms with Gasteiger partial charge >= 0.3 is 0 Å². The van der Waals surface area contributed by atoms with Crippen LogP contribution < -0.4 is 11.1 Å². The topological polar surface area (TPSA) is 72.9 Å². The normalized spacial score (nSPS) is 16.7. The molecule has 1 aliphatic rings. The maximum Gasteiger partial charge on any atom is 0.243 e. The molecule has 2 aromatic rings. The molecule has 114 valence electrons. The van der Waals surface area contributed by atoms with Crippen molar-refractivity contribution >= 4 is 35.3 Å². The predicted octanol–water partition coefficient (Wildman–Crippen LogP) is 2.86. The van der Waals surface area contributed by atoms with Crippen LogP contribution in [0.15, 0.2) is 24.3 Å². The van der Waals surface area contributed by atoms with Crippen LogP contribution in [-0.4, -0.2) is 21.5 Å². The highest BCUT2D eigenvalue weighted by Crippen LogP contribution is 2.35. The number of amides is 1. The predicted molar refractivity (Wildman–Crippen MR) is 86.8 cm³/mol. The maximum absolute atomic E-state index is 11.9. The molecule has 6 heteroatoms. The molecule has 1 heterocycles. The van der Waals surface area contributed by atoms with Gasteiger partial charge in [0.15, 0.2) is 0 Å². The zero-order valence-electron chi connectivity index (χ0n) is 12.1. The van der Waals surface area contributed by atoms with Crippen LogP contribution in [0.25, 0.3) is 11.0 Å². The summed E-state index contributed by atoms with van der Waals surface area (Å²) in [4.78, 5) is 16.4. The van der Waals surface area contributed by atoms with Gasteiger partial charge in [-0.15, -0.1) is 12.4 Å². The van der Waals surface area contributed by atoms with E-state index in [4.69, 9.17) is 5.73 Å². The molecule has 1 fully saturated rings. The summed E-state index contributed by atoms with van der Waals surface area (Å²) in [6.07, 6.45) is 4.75. The van der Waals surface area contributed by atoms with Crippen LogP contribution in [0, 0.1) is 0 Å². The Kier molecular flexibility index (Phi) is 4.85. The van der Waals surface area contributed by atoms with Crippen LogP contribution in [0.5, 0.6) is 0 Å². The minimum absolute atomic E-state index is 0. The summed E-state index contributed by atoms with van der Waals surface area (Å²) in [5.74, 6) is 0.431. The summed E-state index contributed by atoms with van der Waals surface area (Å²) >= 11 is 0. The molecule has 21 heavy (non-hydrogen) atoms. The molecule has 0 aliphatic heterocycles. The highest BCUT2D eigenvalue weighted by atomic mass is 35.5. The lowest BCUT2D eigenvalue weighted by molar-refractivity contribution is -0.117. The van der Waals surface area contributed by atoms with Crippen molar-refractivity contribution in [2.75, 3.05) is 5.32 Å². The lowest BCUT2D eigenvalue weighted by Gasteiger charge is -2.17. The molecule has 0 unspecified atom stereocenters. The van der Waals surface area contributed by atoms with Crippen LogP contribution in [0.4, 0.5) is 5.95 Å². The van der Waals surface area contributed by atoms with E-state index in [9.17, 15) is 4.79 Å². The Morgan fingerprint density at radius 1 is 1.38 bits per heavy atom. The van der Waals surface area contributed by atoms with E-state index in [2.05, 4.69) is 20.9 Å². The van der Waals surface area contributed by atoms with Gasteiger partial charge in [0, 0.05) is 6.04 Å². The number of nitrogens with zero attached hydrogens (tertiary/aromatic N) is 2. The molecule has 0 spiro atoms. The second kappa shape index (κ2) is 6.45. The number of hydrogen-bond donors (Lipinski definition) is 2. The van der Waals surface area contributed by atoms with E-state index in [0.29, 0.717) is 12.0 Å². The quantitative estimate of drug-likeness (QED) is 0.915. The van der Waals surface area contributed by atoms with Crippen molar-refractivity contribution < 1.29 is 4.79 Å². The molecular formula is C15H21ClN4O. The number of anilines is 1. The van der Waals surface area contributed by atoms with Crippen molar-refractivity contribution in [1.29, 1.82) is 0 Å². The third-order valence-electron chi connectivity index (χ3n) is 3.93. The molecule has 3 rings (SSSR count). The van der Waals surface area contributed by atoms with Gasteiger partial charge in [-0.1, -0.05) is 25.0 Å². The lowest BCUT2D eigenvalue weighted by atomic mass is 10.2. The first-order chi connectivity index (χ1) is 9.66. The molecule has 0 saturated heterocycles. The summed E-state index contributed by atoms with van der Waals surface area (Å²) in [5.41, 5.74) is 7.63. The number of carbonyl (C=O) groups excluding carboxylic acids is 1. The maximum atomic E-state index is 11.9. The number of hydrogen-bond acceptors (Lipinski definition) is 3. The Labute approximate surface area is 130 Å². The van der Waals surface area contributed by atoms with Crippen molar-refractivity contribution in [2.45, 2.75) is 44.7 Å². The van der Waals surface area contributed by atoms with E-state index in [0.717, 1.165) is 23.9 Å². The van der Waals surface area contributed by atoms with E-state index in [1.165, 1.54) is 12.8 Å². The van der Waals surface area contributed by atoms with Gasteiger partial charge < -0.3 is 10.3 Å². The number of aromatic nitrogens is 2. The number of halogens is 1. The lowest BCUT2D eigenvalue weighted by Crippen LogP contribution is -2.33. The zero-order valence-corrected chi connectivity index (χ0v) is 12.9. The third kappa shape index (κ3) is 3.04. The molecular weight excluding hydrogens is 288 g/mol. The van der Waals surface area contributed by atoms with Gasteiger partial charge in [0.05, 0.1) is 17.1 Å². The van der Waals surface area contributed by atoms with Crippen molar-refractivity contribution in [2.24, 2.45) is 5.73 Å². The molecule has 0 radical (unpaired) electrons. The molecule has 1 atom stereocenters. The fourth-order valence-corrected chi connectivity index (χ4v) is 2.89. The minimum Gasteiger partial charge on any atom is -0.320 e. The second-order valence-electron chi connectivity index (χ2n) is 5.51. The number of fused-ring (bicyclic) bond motifs is 1. The van der Waals surface area contributed by atoms with Gasteiger partial charge in [-0.2, -0.15) is 0 Å². The smallest absolute Gasteiger partial charge is 0.243 e. The Balaban J connectivity index is 0.00000161. The first kappa shape index (κ1) is 15.8. The van der Waals surface area contributed by atoms with E-state index in [1.807, 2.05) is 18.2 Å². The van der Waals surface area contributed by atoms with Gasteiger partial charge in [-0.25, -0.2) is 4.98 Å². The van der Waals surface area contributed by atoms with Crippen molar-refractivity contribution in [1.82, 2.24) is 9.55 Å². The summed E-state index contributed by atoms with van der Waals surface area (Å²) in [6, 6.07) is 7.89. The summed E-state index contributed by atoms with van der Waals surface area (Å²) in [6.45, 7) is 1.68. The first-order valence-corrected chi connectivity index (χ1v) is 7.20. The Hall–Kier alpha value is -1.59. The fraction of sp³-hybridized carbons (Fsp3) is 0.467. The number of carbonyl (C=O) groups is 1. The number of para-hydroxylation sites is 2. The molecule has 1 aliphatic carbocycles. The third-order valence-corrected chi connectivity index (χ3v) is 3.93. The van der Waals surface area contributed by atoms with E-state index >= 15 is 0 Å². The fourth-order valence-electron chi connectivity index (χ4n) is 2.89. The van der Waals surface area contributed by atoms with Crippen molar-refractivity contribution in [3.05, 3.63) is 24.3 Å². The largest absolute Gasteiger partial charge is 0.320 e. The second-order valence-corrected chi connectivity index (χ2v) is 5.51. The van der Waals surface area contributed by atoms with Crippen LogP contribution in [-0.2, 0) is 4.79 Å². The van der Waals surface area contributed by atoms with Crippen molar-refractivity contribution in [3.63, 3.8) is 0 Å². The average Bonchev–Trinajstić information content (AvgIpc) is 3.04. The highest BCUT2D eigenvalue weighted by Gasteiger charge is 2.23. The Morgan fingerprint density at radius 2 is 2.05 bits per heavy atom. The number of benzene rings is 1. The van der Waals surface area contributed by atoms with Crippen LogP contribution in [0.3, 0.4) is 0 Å². The number of rotatable bonds is 3. The van der Waals surface area contributed by atoms with Gasteiger partial charge in [0.1, 0.15) is 0 Å². The molecule has 1 amide bonds. The number of imidazole rings is 1. The van der Waals surface area contributed by atoms with Gasteiger partial charge in [-0.05, 0) is 31.9 Å². The van der Waals surface area contributed by atoms with E-state index in [1.54, 1.807) is 6.92 Å². The van der Waals surface area contributed by atoms with Gasteiger partial charge in [-0.3, -0.25) is 10.1 Å².